The second-order valence-electron chi connectivity index (χ2n) is 3.67. The second-order valence-corrected chi connectivity index (χ2v) is 3.67. The van der Waals surface area contributed by atoms with Crippen LogP contribution in [-0.2, 0) is 4.79 Å². The molecule has 0 bridgehead atoms. The van der Waals surface area contributed by atoms with Gasteiger partial charge in [0.1, 0.15) is 5.82 Å². The molecule has 90 valence electrons. The normalized spacial score (nSPS) is 17.9. The molecule has 5 heteroatoms. The number of carbonyl (C=O) groups is 1. The maximum absolute atomic E-state index is 13.6. The number of halogens is 2. The molecule has 0 aliphatic carbocycles. The van der Waals surface area contributed by atoms with E-state index in [9.17, 15) is 13.6 Å². The molecular formula is C12H11F2NO2. The Bertz CT molecular complexity index is 474. The van der Waals surface area contributed by atoms with E-state index in [0.29, 0.717) is 6.42 Å². The Morgan fingerprint density at radius 2 is 2.18 bits per heavy atom. The minimum Gasteiger partial charge on any atom is -0.490 e. The van der Waals surface area contributed by atoms with Gasteiger partial charge in [-0.1, -0.05) is 6.58 Å². The SMILES string of the molecule is C=CC(=O)N[C@H]1CCOc2c(F)ccc(F)c21. The average Bonchev–Trinajstić information content (AvgIpc) is 2.34. The summed E-state index contributed by atoms with van der Waals surface area (Å²) >= 11 is 0. The summed E-state index contributed by atoms with van der Waals surface area (Å²) < 4.78 is 32.1. The van der Waals surface area contributed by atoms with Crippen LogP contribution in [0.25, 0.3) is 0 Å². The topological polar surface area (TPSA) is 38.3 Å². The summed E-state index contributed by atoms with van der Waals surface area (Å²) in [5.74, 6) is -1.76. The number of rotatable bonds is 2. The maximum atomic E-state index is 13.6. The van der Waals surface area contributed by atoms with Gasteiger partial charge in [-0.15, -0.1) is 0 Å². The van der Waals surface area contributed by atoms with E-state index in [0.717, 1.165) is 18.2 Å². The summed E-state index contributed by atoms with van der Waals surface area (Å²) in [4.78, 5) is 11.2. The Morgan fingerprint density at radius 1 is 1.47 bits per heavy atom. The summed E-state index contributed by atoms with van der Waals surface area (Å²) in [7, 11) is 0. The molecule has 1 atom stereocenters. The molecule has 1 aromatic rings. The molecule has 0 aromatic heterocycles. The van der Waals surface area contributed by atoms with E-state index in [2.05, 4.69) is 11.9 Å². The van der Waals surface area contributed by atoms with Crippen LogP contribution in [0.3, 0.4) is 0 Å². The summed E-state index contributed by atoms with van der Waals surface area (Å²) in [5, 5.41) is 2.55. The highest BCUT2D eigenvalue weighted by molar-refractivity contribution is 5.87. The maximum Gasteiger partial charge on any atom is 0.243 e. The van der Waals surface area contributed by atoms with Crippen LogP contribution < -0.4 is 10.1 Å². The molecule has 17 heavy (non-hydrogen) atoms. The van der Waals surface area contributed by atoms with Crippen molar-refractivity contribution in [3.05, 3.63) is 42.0 Å². The fourth-order valence-electron chi connectivity index (χ4n) is 1.82. The Kier molecular flexibility index (Phi) is 3.08. The van der Waals surface area contributed by atoms with Crippen LogP contribution in [0.2, 0.25) is 0 Å². The third-order valence-electron chi connectivity index (χ3n) is 2.60. The second kappa shape index (κ2) is 4.53. The summed E-state index contributed by atoms with van der Waals surface area (Å²) in [6.45, 7) is 3.54. The van der Waals surface area contributed by atoms with Gasteiger partial charge in [-0.25, -0.2) is 8.78 Å². The lowest BCUT2D eigenvalue weighted by molar-refractivity contribution is -0.117. The zero-order valence-electron chi connectivity index (χ0n) is 9.00. The van der Waals surface area contributed by atoms with Crippen molar-refractivity contribution in [1.29, 1.82) is 0 Å². The minimum absolute atomic E-state index is 0.0615. The van der Waals surface area contributed by atoms with Crippen LogP contribution in [0.15, 0.2) is 24.8 Å². The lowest BCUT2D eigenvalue weighted by atomic mass is 9.99. The predicted molar refractivity (Wildman–Crippen MR) is 57.6 cm³/mol. The van der Waals surface area contributed by atoms with Gasteiger partial charge in [0, 0.05) is 6.42 Å². The molecule has 1 aliphatic rings. The molecule has 1 aromatic carbocycles. The summed E-state index contributed by atoms with van der Waals surface area (Å²) in [6, 6.07) is 1.45. The van der Waals surface area contributed by atoms with Crippen molar-refractivity contribution < 1.29 is 18.3 Å². The van der Waals surface area contributed by atoms with Gasteiger partial charge in [-0.2, -0.15) is 0 Å². The van der Waals surface area contributed by atoms with Gasteiger partial charge in [-0.3, -0.25) is 4.79 Å². The van der Waals surface area contributed by atoms with Gasteiger partial charge in [-0.05, 0) is 18.2 Å². The van der Waals surface area contributed by atoms with Crippen LogP contribution in [0, 0.1) is 11.6 Å². The number of hydrogen-bond acceptors (Lipinski definition) is 2. The number of benzene rings is 1. The summed E-state index contributed by atoms with van der Waals surface area (Å²) in [6.07, 6.45) is 1.49. The lowest BCUT2D eigenvalue weighted by Crippen LogP contribution is -2.32. The average molecular weight is 239 g/mol. The first kappa shape index (κ1) is 11.6. The lowest BCUT2D eigenvalue weighted by Gasteiger charge is -2.26. The predicted octanol–water partition coefficient (Wildman–Crippen LogP) is 2.09. The number of fused-ring (bicyclic) bond motifs is 1. The van der Waals surface area contributed by atoms with Crippen LogP contribution in [0.5, 0.6) is 5.75 Å². The first-order valence-electron chi connectivity index (χ1n) is 5.17. The molecule has 1 aliphatic heterocycles. The van der Waals surface area contributed by atoms with Gasteiger partial charge in [0.05, 0.1) is 18.2 Å². The number of amides is 1. The zero-order valence-corrected chi connectivity index (χ0v) is 9.00. The molecule has 0 unspecified atom stereocenters. The highest BCUT2D eigenvalue weighted by Crippen LogP contribution is 2.36. The molecule has 1 N–H and O–H groups in total. The molecular weight excluding hydrogens is 228 g/mol. The van der Waals surface area contributed by atoms with E-state index in [1.807, 2.05) is 0 Å². The van der Waals surface area contributed by atoms with Crippen molar-refractivity contribution in [2.24, 2.45) is 0 Å². The van der Waals surface area contributed by atoms with Crippen molar-refractivity contribution in [3.63, 3.8) is 0 Å². The molecule has 0 fully saturated rings. The third-order valence-corrected chi connectivity index (χ3v) is 2.60. The van der Waals surface area contributed by atoms with Gasteiger partial charge in [0.25, 0.3) is 0 Å². The molecule has 0 radical (unpaired) electrons. The van der Waals surface area contributed by atoms with E-state index in [4.69, 9.17) is 4.74 Å². The van der Waals surface area contributed by atoms with Crippen molar-refractivity contribution in [3.8, 4) is 5.75 Å². The van der Waals surface area contributed by atoms with E-state index in [-0.39, 0.29) is 17.9 Å². The fourth-order valence-corrected chi connectivity index (χ4v) is 1.82. The van der Waals surface area contributed by atoms with Gasteiger partial charge in [0.2, 0.25) is 5.91 Å². The largest absolute Gasteiger partial charge is 0.490 e. The monoisotopic (exact) mass is 239 g/mol. The van der Waals surface area contributed by atoms with Gasteiger partial charge < -0.3 is 10.1 Å². The Morgan fingerprint density at radius 3 is 2.88 bits per heavy atom. The number of carbonyl (C=O) groups excluding carboxylic acids is 1. The molecule has 1 amide bonds. The van der Waals surface area contributed by atoms with E-state index in [1.54, 1.807) is 0 Å². The smallest absolute Gasteiger partial charge is 0.243 e. The highest BCUT2D eigenvalue weighted by atomic mass is 19.1. The zero-order chi connectivity index (χ0) is 12.4. The highest BCUT2D eigenvalue weighted by Gasteiger charge is 2.28. The first-order valence-corrected chi connectivity index (χ1v) is 5.17. The molecule has 0 saturated carbocycles. The van der Waals surface area contributed by atoms with E-state index >= 15 is 0 Å². The molecule has 3 nitrogen and oxygen atoms in total. The van der Waals surface area contributed by atoms with Crippen LogP contribution >= 0.6 is 0 Å². The van der Waals surface area contributed by atoms with Gasteiger partial charge in [0.15, 0.2) is 11.6 Å². The number of hydrogen-bond donors (Lipinski definition) is 1. The molecule has 0 saturated heterocycles. The van der Waals surface area contributed by atoms with Crippen molar-refractivity contribution in [1.82, 2.24) is 5.32 Å². The van der Waals surface area contributed by atoms with Crippen molar-refractivity contribution in [2.45, 2.75) is 12.5 Å². The van der Waals surface area contributed by atoms with Crippen LogP contribution in [0.4, 0.5) is 8.78 Å². The third kappa shape index (κ3) is 2.13. The van der Waals surface area contributed by atoms with Crippen LogP contribution in [0.1, 0.15) is 18.0 Å². The Labute approximate surface area is 97.1 Å². The van der Waals surface area contributed by atoms with Crippen molar-refractivity contribution in [2.75, 3.05) is 6.61 Å². The first-order chi connectivity index (χ1) is 8.13. The number of nitrogens with one attached hydrogen (secondary N) is 1. The fraction of sp³-hybridized carbons (Fsp3) is 0.250. The minimum atomic E-state index is -0.626. The quantitative estimate of drug-likeness (QED) is 0.802. The Hall–Kier alpha value is -1.91. The van der Waals surface area contributed by atoms with Crippen molar-refractivity contribution >= 4 is 5.91 Å². The van der Waals surface area contributed by atoms with Crippen LogP contribution in [-0.4, -0.2) is 12.5 Å². The summed E-state index contributed by atoms with van der Waals surface area (Å²) in [5.41, 5.74) is 0.0615. The standard InChI is InChI=1S/C12H11F2NO2/c1-2-10(16)15-9-5-6-17-12-8(14)4-3-7(13)11(9)12/h2-4,9H,1,5-6H2,(H,15,16)/t9-/m0/s1. The number of ether oxygens (including phenoxy) is 1. The molecule has 2 rings (SSSR count). The van der Waals surface area contributed by atoms with Gasteiger partial charge >= 0.3 is 0 Å². The molecule has 0 spiro atoms. The van der Waals surface area contributed by atoms with E-state index < -0.39 is 23.6 Å². The molecule has 1 heterocycles. The Balaban J connectivity index is 2.39. The van der Waals surface area contributed by atoms with E-state index in [1.165, 1.54) is 0 Å².